The van der Waals surface area contributed by atoms with Crippen LogP contribution >= 0.6 is 23.1 Å². The van der Waals surface area contributed by atoms with E-state index in [1.54, 1.807) is 11.3 Å². The first kappa shape index (κ1) is 12.5. The van der Waals surface area contributed by atoms with Gasteiger partial charge in [0.25, 0.3) is 0 Å². The predicted molar refractivity (Wildman–Crippen MR) is 77.0 cm³/mol. The minimum absolute atomic E-state index is 0.928. The molecule has 0 radical (unpaired) electrons. The number of anilines is 1. The Morgan fingerprint density at radius 2 is 2.18 bits per heavy atom. The first-order valence-electron chi connectivity index (χ1n) is 5.66. The van der Waals surface area contributed by atoms with E-state index in [1.807, 2.05) is 18.0 Å². The third kappa shape index (κ3) is 3.48. The Bertz CT molecular complexity index is 480. The molecule has 4 heteroatoms. The van der Waals surface area contributed by atoms with Gasteiger partial charge in [-0.15, -0.1) is 23.1 Å². The second-order valence-electron chi connectivity index (χ2n) is 3.72. The Morgan fingerprint density at radius 1 is 1.35 bits per heavy atom. The summed E-state index contributed by atoms with van der Waals surface area (Å²) in [4.78, 5) is 7.00. The smallest absolute Gasteiger partial charge is 0.182 e. The highest BCUT2D eigenvalue weighted by Gasteiger charge is 2.03. The van der Waals surface area contributed by atoms with Gasteiger partial charge in [-0.05, 0) is 25.5 Å². The van der Waals surface area contributed by atoms with E-state index in [-0.39, 0.29) is 0 Å². The zero-order valence-electron chi connectivity index (χ0n) is 10.1. The Hall–Kier alpha value is -1.00. The molecule has 0 atom stereocenters. The van der Waals surface area contributed by atoms with E-state index in [0.717, 1.165) is 17.4 Å². The van der Waals surface area contributed by atoms with Crippen LogP contribution in [0.3, 0.4) is 0 Å². The summed E-state index contributed by atoms with van der Waals surface area (Å²) in [6.07, 6.45) is 1.97. The molecule has 1 N–H and O–H groups in total. The number of thiazole rings is 1. The van der Waals surface area contributed by atoms with E-state index in [9.17, 15) is 0 Å². The molecule has 0 fully saturated rings. The number of hydrogen-bond donors (Lipinski definition) is 1. The summed E-state index contributed by atoms with van der Waals surface area (Å²) in [7, 11) is 0. The Morgan fingerprint density at radius 3 is 2.94 bits per heavy atom. The van der Waals surface area contributed by atoms with Crippen LogP contribution in [0.1, 0.15) is 17.4 Å². The van der Waals surface area contributed by atoms with Gasteiger partial charge in [-0.2, -0.15) is 0 Å². The second-order valence-corrected chi connectivity index (χ2v) is 5.85. The average Bonchev–Trinajstić information content (AvgIpc) is 2.76. The number of benzene rings is 1. The number of aromatic nitrogens is 1. The highest BCUT2D eigenvalue weighted by atomic mass is 32.2. The number of hydrogen-bond acceptors (Lipinski definition) is 4. The fourth-order valence-electron chi connectivity index (χ4n) is 1.47. The van der Waals surface area contributed by atoms with Crippen molar-refractivity contribution in [3.05, 3.63) is 40.9 Å². The van der Waals surface area contributed by atoms with Gasteiger partial charge in [-0.25, -0.2) is 4.98 Å². The van der Waals surface area contributed by atoms with E-state index < -0.39 is 0 Å². The van der Waals surface area contributed by atoms with E-state index in [2.05, 4.69) is 48.4 Å². The second kappa shape index (κ2) is 6.07. The lowest BCUT2D eigenvalue weighted by molar-refractivity contribution is 1.19. The molecule has 2 nitrogen and oxygen atoms in total. The molecule has 0 amide bonds. The van der Waals surface area contributed by atoms with Gasteiger partial charge >= 0.3 is 0 Å². The molecule has 90 valence electrons. The van der Waals surface area contributed by atoms with Crippen molar-refractivity contribution >= 4 is 28.2 Å². The fourth-order valence-corrected chi connectivity index (χ4v) is 3.41. The van der Waals surface area contributed by atoms with Crippen LogP contribution in [0.2, 0.25) is 0 Å². The summed E-state index contributed by atoms with van der Waals surface area (Å²) in [5.41, 5.74) is 1.34. The summed E-state index contributed by atoms with van der Waals surface area (Å²) in [5.74, 6) is 0.994. The SMILES string of the molecule is CCNc1ncc(CSc2ccccc2C)s1. The van der Waals surface area contributed by atoms with Crippen molar-refractivity contribution in [1.29, 1.82) is 0 Å². The normalized spacial score (nSPS) is 10.5. The summed E-state index contributed by atoms with van der Waals surface area (Å²) in [6.45, 7) is 5.17. The molecule has 0 saturated heterocycles. The monoisotopic (exact) mass is 264 g/mol. The minimum atomic E-state index is 0.928. The van der Waals surface area contributed by atoms with Crippen LogP contribution in [0.4, 0.5) is 5.13 Å². The zero-order chi connectivity index (χ0) is 12.1. The Labute approximate surface area is 110 Å². The van der Waals surface area contributed by atoms with Gasteiger partial charge in [-0.1, -0.05) is 18.2 Å². The maximum absolute atomic E-state index is 4.33. The summed E-state index contributed by atoms with van der Waals surface area (Å²) >= 11 is 3.61. The lowest BCUT2D eigenvalue weighted by atomic mass is 10.2. The van der Waals surface area contributed by atoms with Crippen LogP contribution in [0.15, 0.2) is 35.4 Å². The Kier molecular flexibility index (Phi) is 4.45. The molecule has 1 aromatic heterocycles. The molecule has 0 bridgehead atoms. The first-order chi connectivity index (χ1) is 8.29. The molecule has 0 aliphatic carbocycles. The highest BCUT2D eigenvalue weighted by molar-refractivity contribution is 7.98. The van der Waals surface area contributed by atoms with E-state index in [0.29, 0.717) is 0 Å². The third-order valence-corrected chi connectivity index (χ3v) is 4.71. The van der Waals surface area contributed by atoms with Gasteiger partial charge in [0.15, 0.2) is 5.13 Å². The molecule has 2 aromatic rings. The molecule has 17 heavy (non-hydrogen) atoms. The molecule has 0 saturated carbocycles. The molecule has 0 unspecified atom stereocenters. The van der Waals surface area contributed by atoms with Crippen LogP contribution in [-0.2, 0) is 5.75 Å². The molecule has 1 heterocycles. The maximum atomic E-state index is 4.33. The van der Waals surface area contributed by atoms with Crippen molar-refractivity contribution in [3.63, 3.8) is 0 Å². The van der Waals surface area contributed by atoms with Gasteiger partial charge in [0, 0.05) is 28.3 Å². The quantitative estimate of drug-likeness (QED) is 0.820. The van der Waals surface area contributed by atoms with E-state index in [1.165, 1.54) is 15.3 Å². The summed E-state index contributed by atoms with van der Waals surface area (Å²) in [5, 5.41) is 4.26. The Balaban J connectivity index is 1.95. The van der Waals surface area contributed by atoms with Crippen LogP contribution < -0.4 is 5.32 Å². The van der Waals surface area contributed by atoms with Crippen LogP contribution in [-0.4, -0.2) is 11.5 Å². The standard InChI is InChI=1S/C13H16N2S2/c1-3-14-13-15-8-11(17-13)9-16-12-7-5-4-6-10(12)2/h4-8H,3,9H2,1-2H3,(H,14,15). The van der Waals surface area contributed by atoms with Crippen molar-refractivity contribution < 1.29 is 0 Å². The summed E-state index contributed by atoms with van der Waals surface area (Å²) in [6, 6.07) is 8.49. The maximum Gasteiger partial charge on any atom is 0.182 e. The van der Waals surface area contributed by atoms with Crippen molar-refractivity contribution in [1.82, 2.24) is 4.98 Å². The van der Waals surface area contributed by atoms with E-state index in [4.69, 9.17) is 0 Å². The fraction of sp³-hybridized carbons (Fsp3) is 0.308. The number of thioether (sulfide) groups is 1. The molecule has 2 rings (SSSR count). The average molecular weight is 264 g/mol. The van der Waals surface area contributed by atoms with Gasteiger partial charge < -0.3 is 5.32 Å². The molecule has 0 spiro atoms. The summed E-state index contributed by atoms with van der Waals surface area (Å²) < 4.78 is 0. The molecular formula is C13H16N2S2. The topological polar surface area (TPSA) is 24.9 Å². The number of rotatable bonds is 5. The van der Waals surface area contributed by atoms with Crippen molar-refractivity contribution in [2.45, 2.75) is 24.5 Å². The van der Waals surface area contributed by atoms with Gasteiger partial charge in [0.05, 0.1) is 0 Å². The third-order valence-electron chi connectivity index (χ3n) is 2.35. The molecule has 0 aliphatic heterocycles. The van der Waals surface area contributed by atoms with Crippen molar-refractivity contribution in [3.8, 4) is 0 Å². The van der Waals surface area contributed by atoms with Gasteiger partial charge in [0.2, 0.25) is 0 Å². The molecule has 0 aliphatic rings. The van der Waals surface area contributed by atoms with E-state index >= 15 is 0 Å². The van der Waals surface area contributed by atoms with Gasteiger partial charge in [-0.3, -0.25) is 0 Å². The highest BCUT2D eigenvalue weighted by Crippen LogP contribution is 2.29. The van der Waals surface area contributed by atoms with Gasteiger partial charge in [0.1, 0.15) is 0 Å². The zero-order valence-corrected chi connectivity index (χ0v) is 11.7. The van der Waals surface area contributed by atoms with Crippen molar-refractivity contribution in [2.75, 3.05) is 11.9 Å². The lowest BCUT2D eigenvalue weighted by Crippen LogP contribution is -1.94. The number of aryl methyl sites for hydroxylation is 1. The minimum Gasteiger partial charge on any atom is -0.362 e. The predicted octanol–water partition coefficient (Wildman–Crippen LogP) is 4.18. The number of nitrogens with zero attached hydrogens (tertiary/aromatic N) is 1. The molecule has 1 aromatic carbocycles. The van der Waals surface area contributed by atoms with Crippen LogP contribution in [0, 0.1) is 6.92 Å². The van der Waals surface area contributed by atoms with Crippen LogP contribution in [0.5, 0.6) is 0 Å². The number of nitrogens with one attached hydrogen (secondary N) is 1. The first-order valence-corrected chi connectivity index (χ1v) is 7.47. The largest absolute Gasteiger partial charge is 0.362 e. The van der Waals surface area contributed by atoms with Crippen LogP contribution in [0.25, 0.3) is 0 Å². The van der Waals surface area contributed by atoms with Crippen molar-refractivity contribution in [2.24, 2.45) is 0 Å². The lowest BCUT2D eigenvalue weighted by Gasteiger charge is -2.02. The molecular weight excluding hydrogens is 248 g/mol.